The lowest BCUT2D eigenvalue weighted by Gasteiger charge is -2.35. The van der Waals surface area contributed by atoms with Gasteiger partial charge in [-0.1, -0.05) is 199 Å². The van der Waals surface area contributed by atoms with Crippen molar-refractivity contribution in [3.05, 3.63) is 300 Å². The van der Waals surface area contributed by atoms with Gasteiger partial charge in [0.2, 0.25) is 0 Å². The van der Waals surface area contributed by atoms with Gasteiger partial charge in [-0.05, 0) is 159 Å². The molecule has 0 fully saturated rings. The fourth-order valence-electron chi connectivity index (χ4n) is 11.7. The van der Waals surface area contributed by atoms with E-state index in [0.29, 0.717) is 0 Å². The van der Waals surface area contributed by atoms with Crippen LogP contribution in [-0.2, 0) is 5.41 Å². The zero-order chi connectivity index (χ0) is 47.5. The maximum Gasteiger partial charge on any atom is 0.0715 e. The monoisotopic (exact) mass is 906 g/mol. The molecule has 0 bridgehead atoms. The van der Waals surface area contributed by atoms with Gasteiger partial charge in [0.1, 0.15) is 0 Å². The van der Waals surface area contributed by atoms with Crippen LogP contribution >= 0.6 is 0 Å². The van der Waals surface area contributed by atoms with Gasteiger partial charge in [-0.25, -0.2) is 0 Å². The number of hydrogen-bond donors (Lipinski definition) is 0. The lowest BCUT2D eigenvalue weighted by molar-refractivity contribution is 0.767. The minimum absolute atomic E-state index is 0.624. The maximum atomic E-state index is 2.47. The molecule has 0 spiro atoms. The summed E-state index contributed by atoms with van der Waals surface area (Å²) in [4.78, 5) is 2.42. The van der Waals surface area contributed by atoms with Crippen LogP contribution in [0.25, 0.3) is 72.0 Å². The van der Waals surface area contributed by atoms with Crippen molar-refractivity contribution >= 4 is 38.9 Å². The number of fused-ring (bicyclic) bond motifs is 6. The van der Waals surface area contributed by atoms with E-state index in [-0.39, 0.29) is 0 Å². The number of aromatic nitrogens is 1. The molecule has 0 unspecified atom stereocenters. The van der Waals surface area contributed by atoms with E-state index in [2.05, 4.69) is 290 Å². The third-order valence-electron chi connectivity index (χ3n) is 14.7. The van der Waals surface area contributed by atoms with Crippen LogP contribution in [0.5, 0.6) is 0 Å². The first kappa shape index (κ1) is 42.1. The number of anilines is 3. The van der Waals surface area contributed by atoms with E-state index < -0.39 is 5.41 Å². The third-order valence-corrected chi connectivity index (χ3v) is 14.7. The molecule has 71 heavy (non-hydrogen) atoms. The molecule has 1 aliphatic carbocycles. The summed E-state index contributed by atoms with van der Waals surface area (Å²) in [6, 6.07) is 98.8. The van der Waals surface area contributed by atoms with Gasteiger partial charge in [0.15, 0.2) is 0 Å². The van der Waals surface area contributed by atoms with Gasteiger partial charge in [-0.2, -0.15) is 0 Å². The molecule has 2 heteroatoms. The van der Waals surface area contributed by atoms with Gasteiger partial charge in [0.05, 0.1) is 16.4 Å². The minimum Gasteiger partial charge on any atom is -0.310 e. The highest BCUT2D eigenvalue weighted by atomic mass is 15.1. The zero-order valence-electron chi connectivity index (χ0n) is 39.8. The van der Waals surface area contributed by atoms with Crippen LogP contribution in [0.1, 0.15) is 33.4 Å². The lowest BCUT2D eigenvalue weighted by atomic mass is 9.67. The van der Waals surface area contributed by atoms with Gasteiger partial charge >= 0.3 is 0 Å². The van der Waals surface area contributed by atoms with Crippen LogP contribution in [0.15, 0.2) is 267 Å². The van der Waals surface area contributed by atoms with E-state index in [0.717, 1.165) is 22.7 Å². The van der Waals surface area contributed by atoms with Crippen molar-refractivity contribution in [2.45, 2.75) is 19.3 Å². The van der Waals surface area contributed by atoms with Crippen LogP contribution in [0.4, 0.5) is 17.1 Å². The smallest absolute Gasteiger partial charge is 0.0715 e. The van der Waals surface area contributed by atoms with Gasteiger partial charge in [-0.15, -0.1) is 0 Å². The second-order valence-corrected chi connectivity index (χ2v) is 19.1. The predicted molar refractivity (Wildman–Crippen MR) is 299 cm³/mol. The Morgan fingerprint density at radius 1 is 0.310 bits per heavy atom. The van der Waals surface area contributed by atoms with Crippen molar-refractivity contribution in [2.75, 3.05) is 4.90 Å². The highest BCUT2D eigenvalue weighted by Gasteiger charge is 2.46. The van der Waals surface area contributed by atoms with E-state index in [1.54, 1.807) is 0 Å². The second-order valence-electron chi connectivity index (χ2n) is 19.1. The third kappa shape index (κ3) is 7.10. The Morgan fingerprint density at radius 2 is 0.732 bits per heavy atom. The summed E-state index contributed by atoms with van der Waals surface area (Å²) < 4.78 is 2.45. The van der Waals surface area contributed by atoms with Crippen molar-refractivity contribution in [2.24, 2.45) is 0 Å². The molecule has 0 saturated heterocycles. The fraction of sp³-hybridized carbons (Fsp3) is 0.0435. The summed E-state index contributed by atoms with van der Waals surface area (Å²) in [6.45, 7) is 4.37. The van der Waals surface area contributed by atoms with Crippen LogP contribution in [-0.4, -0.2) is 4.57 Å². The summed E-state index contributed by atoms with van der Waals surface area (Å²) in [5.41, 5.74) is 23.4. The molecule has 0 atom stereocenters. The molecule has 0 N–H and O–H groups in total. The van der Waals surface area contributed by atoms with Crippen LogP contribution in [0.3, 0.4) is 0 Å². The standard InChI is InChI=1S/C69H50N2/c1-47-39-48(2)41-51(40-47)54-43-52(49-19-7-3-8-20-49)42-53(44-54)50-31-33-58(34-32-50)70(57-25-13-6-14-26-57)59-35-37-61-62-38-36-60(71-67-29-17-15-27-63(67)64-28-16-18-30-68(64)71)46-66(62)69(65(61)45-59,55-21-9-4-10-22-55)56-23-11-5-12-24-56/h3-46H,1-2H3. The summed E-state index contributed by atoms with van der Waals surface area (Å²) in [5, 5.41) is 2.51. The molecular weight excluding hydrogens is 857 g/mol. The van der Waals surface area contributed by atoms with E-state index in [1.165, 1.54) is 99.7 Å². The number of para-hydroxylation sites is 3. The molecule has 13 rings (SSSR count). The van der Waals surface area contributed by atoms with Gasteiger partial charge in [-0.3, -0.25) is 0 Å². The molecule has 336 valence electrons. The Labute approximate surface area is 416 Å². The maximum absolute atomic E-state index is 2.47. The average molecular weight is 907 g/mol. The molecule has 0 amide bonds. The van der Waals surface area contributed by atoms with Crippen LogP contribution in [0.2, 0.25) is 0 Å². The SMILES string of the molecule is Cc1cc(C)cc(-c2cc(-c3ccccc3)cc(-c3ccc(N(c4ccccc4)c4ccc5c(c4)C(c4ccccc4)(c4ccccc4)c4cc(-n6c7ccccc7c7ccccc76)ccc4-5)cc3)c2)c1. The van der Waals surface area contributed by atoms with Gasteiger partial charge < -0.3 is 9.47 Å². The van der Waals surface area contributed by atoms with E-state index in [9.17, 15) is 0 Å². The molecule has 1 aliphatic rings. The molecule has 1 aromatic heterocycles. The first-order chi connectivity index (χ1) is 35.0. The molecular formula is C69H50N2. The minimum atomic E-state index is -0.624. The Hall–Kier alpha value is -8.98. The zero-order valence-corrected chi connectivity index (χ0v) is 39.8. The van der Waals surface area contributed by atoms with Crippen LogP contribution < -0.4 is 4.90 Å². The molecule has 0 radical (unpaired) electrons. The summed E-state index contributed by atoms with van der Waals surface area (Å²) >= 11 is 0. The Kier molecular flexibility index (Phi) is 10.2. The molecule has 0 aliphatic heterocycles. The number of benzene rings is 11. The van der Waals surface area contributed by atoms with Crippen molar-refractivity contribution in [1.29, 1.82) is 0 Å². The van der Waals surface area contributed by atoms with Crippen molar-refractivity contribution < 1.29 is 0 Å². The topological polar surface area (TPSA) is 8.17 Å². The predicted octanol–water partition coefficient (Wildman–Crippen LogP) is 18.2. The lowest BCUT2D eigenvalue weighted by Crippen LogP contribution is -2.29. The molecule has 1 heterocycles. The Balaban J connectivity index is 0.985. The summed E-state index contributed by atoms with van der Waals surface area (Å²) in [6.07, 6.45) is 0. The number of nitrogens with zero attached hydrogens (tertiary/aromatic N) is 2. The fourth-order valence-corrected chi connectivity index (χ4v) is 11.7. The molecule has 11 aromatic carbocycles. The largest absolute Gasteiger partial charge is 0.310 e. The van der Waals surface area contributed by atoms with Crippen LogP contribution in [0, 0.1) is 13.8 Å². The Morgan fingerprint density at radius 3 is 1.31 bits per heavy atom. The highest BCUT2D eigenvalue weighted by molar-refractivity contribution is 6.09. The number of rotatable bonds is 9. The number of aryl methyl sites for hydroxylation is 2. The van der Waals surface area contributed by atoms with E-state index in [4.69, 9.17) is 0 Å². The normalized spacial score (nSPS) is 12.5. The van der Waals surface area contributed by atoms with Gasteiger partial charge in [0, 0.05) is 33.5 Å². The van der Waals surface area contributed by atoms with Gasteiger partial charge in [0.25, 0.3) is 0 Å². The van der Waals surface area contributed by atoms with Crippen molar-refractivity contribution in [3.63, 3.8) is 0 Å². The number of hydrogen-bond acceptors (Lipinski definition) is 1. The quantitative estimate of drug-likeness (QED) is 0.140. The second kappa shape index (κ2) is 17.2. The molecule has 12 aromatic rings. The Bertz CT molecular complexity index is 3810. The molecule has 2 nitrogen and oxygen atoms in total. The first-order valence-electron chi connectivity index (χ1n) is 24.7. The van der Waals surface area contributed by atoms with E-state index in [1.807, 2.05) is 0 Å². The summed E-state index contributed by atoms with van der Waals surface area (Å²) in [5.74, 6) is 0. The van der Waals surface area contributed by atoms with Crippen molar-refractivity contribution in [1.82, 2.24) is 4.57 Å². The summed E-state index contributed by atoms with van der Waals surface area (Å²) in [7, 11) is 0. The average Bonchev–Trinajstić information content (AvgIpc) is 3.92. The first-order valence-corrected chi connectivity index (χ1v) is 24.7. The molecule has 0 saturated carbocycles. The highest BCUT2D eigenvalue weighted by Crippen LogP contribution is 2.58. The van der Waals surface area contributed by atoms with E-state index >= 15 is 0 Å². The van der Waals surface area contributed by atoms with Crippen molar-refractivity contribution in [3.8, 4) is 50.2 Å².